The summed E-state index contributed by atoms with van der Waals surface area (Å²) in [7, 11) is -2.01. The Kier molecular flexibility index (Phi) is 5.96. The maximum Gasteiger partial charge on any atom is 0.198 e. The second-order valence-electron chi connectivity index (χ2n) is 11.3. The first-order valence-corrected chi connectivity index (χ1v) is 16.6. The van der Waals surface area contributed by atoms with Gasteiger partial charge in [0.1, 0.15) is 17.4 Å². The highest BCUT2D eigenvalue weighted by Crippen LogP contribution is 2.70. The average Bonchev–Trinajstić information content (AvgIpc) is 3.67. The van der Waals surface area contributed by atoms with E-state index in [1.165, 1.54) is 0 Å². The molecule has 0 unspecified atom stereocenters. The quantitative estimate of drug-likeness (QED) is 0.174. The number of phenolic OH excluding ortho intramolecular Hbond substituents is 1. The molecule has 6 nitrogen and oxygen atoms in total. The molecule has 4 aliphatic rings. The molecule has 39 heavy (non-hydrogen) atoms. The zero-order valence-corrected chi connectivity index (χ0v) is 24.2. The highest BCUT2D eigenvalue weighted by Gasteiger charge is 2.81. The second kappa shape index (κ2) is 8.92. The standard InChI is InChI=1S/C32H35NO5Si/c1-6-39(7-2,8-3)37-20(5)32-25-17-11-9-10-14-19(4)31(32,38-32)23-18-24(34)26-27(28(23)33-25)30(36)22-16-13-12-15-21(22)29(26)35/h9-10,12-13,15-16,18-20,25,33-34H,6-8,14H2,1-5H3/b10-9-/t19-,20+,25-,31+,32-/m0/s1. The number of anilines is 1. The van der Waals surface area contributed by atoms with Crippen LogP contribution in [-0.4, -0.2) is 42.7 Å². The van der Waals surface area contributed by atoms with Gasteiger partial charge in [-0.25, -0.2) is 0 Å². The Hall–Kier alpha value is -3.18. The highest BCUT2D eigenvalue weighted by molar-refractivity contribution is 6.73. The van der Waals surface area contributed by atoms with Crippen molar-refractivity contribution in [1.82, 2.24) is 0 Å². The number of aromatic hydroxyl groups is 1. The fraction of sp³-hybridized carbons (Fsp3) is 0.438. The average molecular weight is 542 g/mol. The second-order valence-corrected chi connectivity index (χ2v) is 16.0. The van der Waals surface area contributed by atoms with Gasteiger partial charge < -0.3 is 19.6 Å². The molecule has 7 heteroatoms. The first-order chi connectivity index (χ1) is 18.7. The van der Waals surface area contributed by atoms with Crippen molar-refractivity contribution in [3.8, 4) is 17.6 Å². The maximum absolute atomic E-state index is 13.9. The number of ether oxygens (including phenoxy) is 1. The van der Waals surface area contributed by atoms with Crippen LogP contribution in [-0.2, 0) is 14.8 Å². The number of epoxide rings is 1. The Morgan fingerprint density at radius 3 is 2.41 bits per heavy atom. The minimum Gasteiger partial charge on any atom is -0.507 e. The number of phenols is 1. The van der Waals surface area contributed by atoms with Gasteiger partial charge in [-0.2, -0.15) is 0 Å². The maximum atomic E-state index is 13.9. The van der Waals surface area contributed by atoms with Crippen molar-refractivity contribution < 1.29 is 23.9 Å². The summed E-state index contributed by atoms with van der Waals surface area (Å²) in [6, 6.07) is 11.0. The van der Waals surface area contributed by atoms with Crippen LogP contribution >= 0.6 is 0 Å². The minimum atomic E-state index is -2.01. The van der Waals surface area contributed by atoms with Gasteiger partial charge in [-0.05, 0) is 49.5 Å². The van der Waals surface area contributed by atoms with Gasteiger partial charge in [0.2, 0.25) is 0 Å². The van der Waals surface area contributed by atoms with Crippen LogP contribution in [0.4, 0.5) is 5.69 Å². The largest absolute Gasteiger partial charge is 0.507 e. The van der Waals surface area contributed by atoms with Gasteiger partial charge in [0, 0.05) is 16.7 Å². The summed E-state index contributed by atoms with van der Waals surface area (Å²) in [5, 5.41) is 14.9. The molecule has 2 aromatic carbocycles. The molecule has 2 N–H and O–H groups in total. The van der Waals surface area contributed by atoms with Crippen molar-refractivity contribution in [3.63, 3.8) is 0 Å². The summed E-state index contributed by atoms with van der Waals surface area (Å²) < 4.78 is 14.0. The molecule has 2 bridgehead atoms. The van der Waals surface area contributed by atoms with E-state index in [0.717, 1.165) is 18.1 Å². The Morgan fingerprint density at radius 1 is 1.13 bits per heavy atom. The van der Waals surface area contributed by atoms with Crippen molar-refractivity contribution in [3.05, 3.63) is 70.3 Å². The number of allylic oxidation sites excluding steroid dienone is 2. The van der Waals surface area contributed by atoms with E-state index in [4.69, 9.17) is 9.16 Å². The summed E-state index contributed by atoms with van der Waals surface area (Å²) in [5.74, 6) is 5.71. The van der Waals surface area contributed by atoms with Crippen LogP contribution in [0.25, 0.3) is 0 Å². The number of benzene rings is 2. The summed E-state index contributed by atoms with van der Waals surface area (Å²) in [4.78, 5) is 27.5. The van der Waals surface area contributed by atoms with E-state index >= 15 is 0 Å². The van der Waals surface area contributed by atoms with E-state index in [0.29, 0.717) is 28.8 Å². The number of carbonyl (C=O) groups is 2. The highest BCUT2D eigenvalue weighted by atomic mass is 28.4. The van der Waals surface area contributed by atoms with Gasteiger partial charge in [0.05, 0.1) is 22.9 Å². The lowest BCUT2D eigenvalue weighted by Crippen LogP contribution is -2.56. The summed E-state index contributed by atoms with van der Waals surface area (Å²) >= 11 is 0. The molecular weight excluding hydrogens is 506 g/mol. The Morgan fingerprint density at radius 2 is 1.77 bits per heavy atom. The van der Waals surface area contributed by atoms with E-state index in [9.17, 15) is 14.7 Å². The molecule has 1 fully saturated rings. The molecular formula is C32H35NO5Si. The minimum absolute atomic E-state index is 0.00933. The summed E-state index contributed by atoms with van der Waals surface area (Å²) in [6.45, 7) is 10.9. The van der Waals surface area contributed by atoms with Crippen molar-refractivity contribution in [2.24, 2.45) is 5.92 Å². The Balaban J connectivity index is 1.58. The van der Waals surface area contributed by atoms with Gasteiger partial charge in [-0.3, -0.25) is 9.59 Å². The lowest BCUT2D eigenvalue weighted by molar-refractivity contribution is 0.0967. The predicted octanol–water partition coefficient (Wildman–Crippen LogP) is 5.94. The number of hydrogen-bond acceptors (Lipinski definition) is 6. The molecule has 6 rings (SSSR count). The van der Waals surface area contributed by atoms with Gasteiger partial charge in [-0.1, -0.05) is 69.9 Å². The molecule has 202 valence electrons. The third-order valence-corrected chi connectivity index (χ3v) is 14.5. The van der Waals surface area contributed by atoms with Gasteiger partial charge >= 0.3 is 0 Å². The van der Waals surface area contributed by atoms with Crippen LogP contribution in [0.5, 0.6) is 5.75 Å². The van der Waals surface area contributed by atoms with Crippen LogP contribution in [0.1, 0.15) is 78.4 Å². The summed E-state index contributed by atoms with van der Waals surface area (Å²) in [6.07, 6.45) is 4.36. The molecule has 0 amide bonds. The number of nitrogens with one attached hydrogen (secondary N) is 1. The fourth-order valence-electron chi connectivity index (χ4n) is 7.35. The van der Waals surface area contributed by atoms with Gasteiger partial charge in [-0.15, -0.1) is 0 Å². The van der Waals surface area contributed by atoms with Crippen molar-refractivity contribution in [1.29, 1.82) is 0 Å². The number of rotatable bonds is 6. The third kappa shape index (κ3) is 3.29. The molecule has 0 saturated carbocycles. The zero-order valence-electron chi connectivity index (χ0n) is 23.2. The van der Waals surface area contributed by atoms with E-state index in [2.05, 4.69) is 57.9 Å². The molecule has 0 aromatic heterocycles. The number of hydrogen-bond donors (Lipinski definition) is 2. The van der Waals surface area contributed by atoms with E-state index < -0.39 is 25.6 Å². The smallest absolute Gasteiger partial charge is 0.198 e. The fourth-order valence-corrected chi connectivity index (χ4v) is 10.3. The van der Waals surface area contributed by atoms with E-state index in [1.54, 1.807) is 30.3 Å². The first kappa shape index (κ1) is 26.1. The SMILES string of the molecule is CC[Si](CC)(CC)O[C@H](C)[C@@]12O[C@]13c1cc(O)c4c(c1N[C@H]2C#C/C=C\C[C@@H]3C)C(=O)c1ccccc1C4=O. The Labute approximate surface area is 230 Å². The topological polar surface area (TPSA) is 88.2 Å². The Bertz CT molecular complexity index is 1490. The van der Waals surface area contributed by atoms with Crippen molar-refractivity contribution >= 4 is 25.6 Å². The molecule has 2 aliphatic carbocycles. The molecule has 2 aliphatic heterocycles. The molecule has 2 heterocycles. The third-order valence-electron chi connectivity index (χ3n) is 9.74. The van der Waals surface area contributed by atoms with Crippen molar-refractivity contribution in [2.45, 2.75) is 82.5 Å². The van der Waals surface area contributed by atoms with Gasteiger partial charge in [0.25, 0.3) is 0 Å². The molecule has 1 saturated heterocycles. The molecule has 0 radical (unpaired) electrons. The zero-order chi connectivity index (χ0) is 27.7. The lowest BCUT2D eigenvalue weighted by atomic mass is 9.67. The lowest BCUT2D eigenvalue weighted by Gasteiger charge is -2.42. The van der Waals surface area contributed by atoms with E-state index in [1.807, 2.05) is 6.08 Å². The normalized spacial score (nSPS) is 29.6. The van der Waals surface area contributed by atoms with Crippen LogP contribution in [0.3, 0.4) is 0 Å². The molecule has 5 atom stereocenters. The summed E-state index contributed by atoms with van der Waals surface area (Å²) in [5.41, 5.74) is 0.480. The van der Waals surface area contributed by atoms with Crippen LogP contribution in [0.15, 0.2) is 42.5 Å². The number of ketones is 2. The number of fused-ring (bicyclic) bond motifs is 4. The monoisotopic (exact) mass is 541 g/mol. The van der Waals surface area contributed by atoms with Crippen molar-refractivity contribution in [2.75, 3.05) is 5.32 Å². The van der Waals surface area contributed by atoms with Crippen LogP contribution < -0.4 is 5.32 Å². The molecule has 0 spiro atoms. The number of carbonyl (C=O) groups excluding carboxylic acids is 2. The molecule has 2 aromatic rings. The first-order valence-electron chi connectivity index (χ1n) is 14.1. The predicted molar refractivity (Wildman–Crippen MR) is 153 cm³/mol. The van der Waals surface area contributed by atoms with Crippen LogP contribution in [0, 0.1) is 17.8 Å². The van der Waals surface area contributed by atoms with Crippen LogP contribution in [0.2, 0.25) is 18.1 Å². The van der Waals surface area contributed by atoms with Gasteiger partial charge in [0.15, 0.2) is 25.5 Å². The van der Waals surface area contributed by atoms with E-state index in [-0.39, 0.29) is 40.5 Å².